The van der Waals surface area contributed by atoms with Crippen LogP contribution < -0.4 is 15.4 Å². The molecule has 116 valence electrons. The predicted molar refractivity (Wildman–Crippen MR) is 87.0 cm³/mol. The molecule has 1 aliphatic carbocycles. The van der Waals surface area contributed by atoms with Crippen molar-refractivity contribution in [3.05, 3.63) is 24.3 Å². The van der Waals surface area contributed by atoms with Crippen LogP contribution in [-0.2, 0) is 0 Å². The highest BCUT2D eigenvalue weighted by atomic mass is 16.5. The van der Waals surface area contributed by atoms with E-state index < -0.39 is 0 Å². The summed E-state index contributed by atoms with van der Waals surface area (Å²) in [6.45, 7) is 4.40. The molecular weight excluding hydrogens is 262 g/mol. The number of nitrogens with two attached hydrogens (primary N) is 1. The van der Waals surface area contributed by atoms with E-state index >= 15 is 0 Å². The van der Waals surface area contributed by atoms with Crippen LogP contribution in [0.5, 0.6) is 5.75 Å². The van der Waals surface area contributed by atoms with E-state index in [9.17, 15) is 0 Å². The molecule has 1 aromatic rings. The van der Waals surface area contributed by atoms with Crippen molar-refractivity contribution in [3.8, 4) is 5.75 Å². The molecule has 2 atom stereocenters. The molecular formula is C17H27N3O. The van der Waals surface area contributed by atoms with Crippen molar-refractivity contribution in [1.82, 2.24) is 4.90 Å². The third-order valence-electron chi connectivity index (χ3n) is 4.98. The Morgan fingerprint density at radius 3 is 2.57 bits per heavy atom. The summed E-state index contributed by atoms with van der Waals surface area (Å²) in [6, 6.07) is 9.35. The van der Waals surface area contributed by atoms with Crippen LogP contribution in [0.3, 0.4) is 0 Å². The molecule has 4 heteroatoms. The molecule has 0 bridgehead atoms. The molecule has 21 heavy (non-hydrogen) atoms. The summed E-state index contributed by atoms with van der Waals surface area (Å²) < 4.78 is 5.32. The fourth-order valence-electron chi connectivity index (χ4n) is 3.71. The van der Waals surface area contributed by atoms with Crippen LogP contribution in [0.2, 0.25) is 0 Å². The Labute approximate surface area is 127 Å². The molecule has 3 rings (SSSR count). The van der Waals surface area contributed by atoms with Gasteiger partial charge in [0.2, 0.25) is 0 Å². The minimum Gasteiger partial charge on any atom is -0.497 e. The summed E-state index contributed by atoms with van der Waals surface area (Å²) >= 11 is 0. The fraction of sp³-hybridized carbons (Fsp3) is 0.647. The summed E-state index contributed by atoms with van der Waals surface area (Å²) in [4.78, 5) is 5.06. The zero-order valence-electron chi connectivity index (χ0n) is 13.0. The number of piperazine rings is 1. The third-order valence-corrected chi connectivity index (χ3v) is 4.98. The molecule has 2 fully saturated rings. The van der Waals surface area contributed by atoms with Gasteiger partial charge in [0.25, 0.3) is 0 Å². The molecule has 4 nitrogen and oxygen atoms in total. The fourth-order valence-corrected chi connectivity index (χ4v) is 3.71. The molecule has 2 unspecified atom stereocenters. The zero-order valence-corrected chi connectivity index (χ0v) is 13.0. The molecule has 1 saturated heterocycles. The van der Waals surface area contributed by atoms with E-state index in [1.807, 2.05) is 6.07 Å². The number of rotatable bonds is 3. The minimum absolute atomic E-state index is 0.377. The second kappa shape index (κ2) is 6.67. The smallest absolute Gasteiger partial charge is 0.120 e. The van der Waals surface area contributed by atoms with Crippen molar-refractivity contribution in [3.63, 3.8) is 0 Å². The van der Waals surface area contributed by atoms with Crippen LogP contribution in [0.1, 0.15) is 25.7 Å². The number of nitrogens with zero attached hydrogens (tertiary/aromatic N) is 2. The van der Waals surface area contributed by atoms with Crippen molar-refractivity contribution in [2.24, 2.45) is 5.73 Å². The monoisotopic (exact) mass is 289 g/mol. The number of benzene rings is 1. The SMILES string of the molecule is COc1cccc(N2CCN(C3CCCCC3N)CC2)c1. The summed E-state index contributed by atoms with van der Waals surface area (Å²) in [6.07, 6.45) is 5.12. The van der Waals surface area contributed by atoms with Gasteiger partial charge in [0.1, 0.15) is 5.75 Å². The van der Waals surface area contributed by atoms with Gasteiger partial charge in [-0.1, -0.05) is 18.9 Å². The first kappa shape index (κ1) is 14.7. The van der Waals surface area contributed by atoms with Crippen LogP contribution in [0.15, 0.2) is 24.3 Å². The standard InChI is InChI=1S/C17H27N3O/c1-21-15-6-4-5-14(13-15)19-9-11-20(12-10-19)17-8-3-2-7-16(17)18/h4-6,13,16-17H,2-3,7-12,18H2,1H3. The molecule has 0 radical (unpaired) electrons. The van der Waals surface area contributed by atoms with Crippen LogP contribution in [0.4, 0.5) is 5.69 Å². The van der Waals surface area contributed by atoms with Crippen LogP contribution in [0, 0.1) is 0 Å². The Morgan fingerprint density at radius 2 is 1.86 bits per heavy atom. The van der Waals surface area contributed by atoms with E-state index in [2.05, 4.69) is 28.0 Å². The number of ether oxygens (including phenoxy) is 1. The van der Waals surface area contributed by atoms with E-state index in [1.54, 1.807) is 7.11 Å². The van der Waals surface area contributed by atoms with Crippen LogP contribution in [-0.4, -0.2) is 50.3 Å². The highest BCUT2D eigenvalue weighted by molar-refractivity contribution is 5.51. The highest BCUT2D eigenvalue weighted by Gasteiger charge is 2.29. The van der Waals surface area contributed by atoms with Gasteiger partial charge < -0.3 is 15.4 Å². The molecule has 0 spiro atoms. The van der Waals surface area contributed by atoms with Gasteiger partial charge in [-0.25, -0.2) is 0 Å². The van der Waals surface area contributed by atoms with Crippen molar-refractivity contribution in [2.45, 2.75) is 37.8 Å². The molecule has 1 saturated carbocycles. The molecule has 1 aromatic carbocycles. The van der Waals surface area contributed by atoms with E-state index in [0.717, 1.165) is 31.9 Å². The van der Waals surface area contributed by atoms with Gasteiger partial charge in [-0.05, 0) is 25.0 Å². The lowest BCUT2D eigenvalue weighted by molar-refractivity contribution is 0.130. The van der Waals surface area contributed by atoms with Gasteiger partial charge in [0, 0.05) is 50.0 Å². The molecule has 0 aromatic heterocycles. The first-order valence-corrected chi connectivity index (χ1v) is 8.16. The van der Waals surface area contributed by atoms with E-state index in [4.69, 9.17) is 10.5 Å². The lowest BCUT2D eigenvalue weighted by atomic mass is 9.89. The Hall–Kier alpha value is -1.26. The maximum absolute atomic E-state index is 6.32. The Balaban J connectivity index is 1.59. The summed E-state index contributed by atoms with van der Waals surface area (Å²) in [5.74, 6) is 0.934. The van der Waals surface area contributed by atoms with Crippen molar-refractivity contribution in [2.75, 3.05) is 38.2 Å². The summed E-state index contributed by atoms with van der Waals surface area (Å²) in [7, 11) is 1.72. The molecule has 2 N–H and O–H groups in total. The average Bonchev–Trinajstić information content (AvgIpc) is 2.56. The molecule has 1 aliphatic heterocycles. The number of anilines is 1. The van der Waals surface area contributed by atoms with Gasteiger partial charge in [-0.15, -0.1) is 0 Å². The maximum Gasteiger partial charge on any atom is 0.120 e. The summed E-state index contributed by atoms with van der Waals surface area (Å²) in [5.41, 5.74) is 7.59. The average molecular weight is 289 g/mol. The van der Waals surface area contributed by atoms with Crippen molar-refractivity contribution < 1.29 is 4.74 Å². The first-order valence-electron chi connectivity index (χ1n) is 8.16. The van der Waals surface area contributed by atoms with Gasteiger partial charge in [0.05, 0.1) is 7.11 Å². The van der Waals surface area contributed by atoms with E-state index in [-0.39, 0.29) is 0 Å². The van der Waals surface area contributed by atoms with Gasteiger partial charge in [-0.3, -0.25) is 4.90 Å². The van der Waals surface area contributed by atoms with Gasteiger partial charge >= 0.3 is 0 Å². The normalized spacial score (nSPS) is 27.6. The predicted octanol–water partition coefficient (Wildman–Crippen LogP) is 2.09. The number of hydrogen-bond acceptors (Lipinski definition) is 4. The molecule has 1 heterocycles. The highest BCUT2D eigenvalue weighted by Crippen LogP contribution is 2.26. The first-order chi connectivity index (χ1) is 10.3. The van der Waals surface area contributed by atoms with Crippen molar-refractivity contribution in [1.29, 1.82) is 0 Å². The second-order valence-electron chi connectivity index (χ2n) is 6.24. The topological polar surface area (TPSA) is 41.7 Å². The lowest BCUT2D eigenvalue weighted by Gasteiger charge is -2.43. The van der Waals surface area contributed by atoms with Crippen LogP contribution in [0.25, 0.3) is 0 Å². The molecule has 2 aliphatic rings. The molecule has 0 amide bonds. The Morgan fingerprint density at radius 1 is 1.10 bits per heavy atom. The van der Waals surface area contributed by atoms with E-state index in [1.165, 1.54) is 31.4 Å². The van der Waals surface area contributed by atoms with Crippen LogP contribution >= 0.6 is 0 Å². The minimum atomic E-state index is 0.377. The third kappa shape index (κ3) is 3.33. The summed E-state index contributed by atoms with van der Waals surface area (Å²) in [5, 5.41) is 0. The largest absolute Gasteiger partial charge is 0.497 e. The Kier molecular flexibility index (Phi) is 4.66. The zero-order chi connectivity index (χ0) is 14.7. The number of hydrogen-bond donors (Lipinski definition) is 1. The Bertz CT molecular complexity index is 457. The van der Waals surface area contributed by atoms with Gasteiger partial charge in [-0.2, -0.15) is 0 Å². The van der Waals surface area contributed by atoms with Gasteiger partial charge in [0.15, 0.2) is 0 Å². The van der Waals surface area contributed by atoms with Crippen molar-refractivity contribution >= 4 is 5.69 Å². The number of methoxy groups -OCH3 is 1. The maximum atomic E-state index is 6.32. The lowest BCUT2D eigenvalue weighted by Crippen LogP contribution is -2.56. The second-order valence-corrected chi connectivity index (χ2v) is 6.24. The quantitative estimate of drug-likeness (QED) is 0.925. The van der Waals surface area contributed by atoms with E-state index in [0.29, 0.717) is 12.1 Å².